The molecule has 0 aliphatic carbocycles. The first-order chi connectivity index (χ1) is 11.9. The van der Waals surface area contributed by atoms with Gasteiger partial charge in [0, 0.05) is 19.6 Å². The van der Waals surface area contributed by atoms with Gasteiger partial charge in [-0.1, -0.05) is 0 Å². The van der Waals surface area contributed by atoms with E-state index >= 15 is 0 Å². The number of rotatable bonds is 5. The van der Waals surface area contributed by atoms with E-state index in [4.69, 9.17) is 0 Å². The Balaban J connectivity index is 1.60. The molecule has 2 atom stereocenters. The van der Waals surface area contributed by atoms with Gasteiger partial charge in [0.25, 0.3) is 10.0 Å². The van der Waals surface area contributed by atoms with Gasteiger partial charge >= 0.3 is 0 Å². The molecule has 3 rings (SSSR count). The van der Waals surface area contributed by atoms with Gasteiger partial charge in [0.2, 0.25) is 5.91 Å². The van der Waals surface area contributed by atoms with E-state index < -0.39 is 10.0 Å². The highest BCUT2D eigenvalue weighted by atomic mass is 32.2. The molecule has 140 valence electrons. The molecule has 9 heteroatoms. The summed E-state index contributed by atoms with van der Waals surface area (Å²) >= 11 is 1.23. The Morgan fingerprint density at radius 1 is 1.36 bits per heavy atom. The quantitative estimate of drug-likeness (QED) is 0.789. The van der Waals surface area contributed by atoms with Crippen molar-refractivity contribution in [2.45, 2.75) is 49.8 Å². The highest BCUT2D eigenvalue weighted by Crippen LogP contribution is 2.29. The highest BCUT2D eigenvalue weighted by molar-refractivity contribution is 7.91. The van der Waals surface area contributed by atoms with Crippen LogP contribution in [0.5, 0.6) is 0 Å². The van der Waals surface area contributed by atoms with Gasteiger partial charge in [0.15, 0.2) is 4.21 Å². The molecular formula is C16H26N4O3S2. The van der Waals surface area contributed by atoms with Crippen LogP contribution in [0, 0.1) is 19.8 Å². The monoisotopic (exact) mass is 386 g/mol. The van der Waals surface area contributed by atoms with Crippen molar-refractivity contribution in [2.24, 2.45) is 5.92 Å². The molecule has 0 spiro atoms. The largest absolute Gasteiger partial charge is 0.354 e. The predicted octanol–water partition coefficient (Wildman–Crippen LogP) is 1.03. The van der Waals surface area contributed by atoms with Crippen molar-refractivity contribution in [3.63, 3.8) is 0 Å². The van der Waals surface area contributed by atoms with Gasteiger partial charge in [-0.15, -0.1) is 11.3 Å². The van der Waals surface area contributed by atoms with Crippen molar-refractivity contribution in [1.82, 2.24) is 19.9 Å². The molecule has 2 aliphatic rings. The third-order valence-corrected chi connectivity index (χ3v) is 8.38. The average Bonchev–Trinajstić information content (AvgIpc) is 3.22. The topological polar surface area (TPSA) is 91.4 Å². The molecule has 2 saturated heterocycles. The molecule has 0 bridgehead atoms. The van der Waals surface area contributed by atoms with E-state index in [-0.39, 0.29) is 17.9 Å². The zero-order valence-electron chi connectivity index (χ0n) is 14.7. The van der Waals surface area contributed by atoms with E-state index in [2.05, 4.69) is 15.6 Å². The normalized spacial score (nSPS) is 25.2. The molecule has 0 saturated carbocycles. The van der Waals surface area contributed by atoms with Crippen LogP contribution in [0.1, 0.15) is 36.4 Å². The molecule has 1 aromatic heterocycles. The predicted molar refractivity (Wildman–Crippen MR) is 97.1 cm³/mol. The van der Waals surface area contributed by atoms with Crippen LogP contribution in [0.25, 0.3) is 0 Å². The molecule has 25 heavy (non-hydrogen) atoms. The van der Waals surface area contributed by atoms with Crippen LogP contribution < -0.4 is 10.6 Å². The number of carbonyl (C=O) groups is 1. The van der Waals surface area contributed by atoms with E-state index in [1.54, 1.807) is 11.2 Å². The lowest BCUT2D eigenvalue weighted by molar-refractivity contribution is -0.123. The molecule has 2 N–H and O–H groups in total. The first-order valence-electron chi connectivity index (χ1n) is 8.83. The molecule has 0 aromatic carbocycles. The number of amides is 1. The van der Waals surface area contributed by atoms with E-state index in [0.717, 1.165) is 37.2 Å². The van der Waals surface area contributed by atoms with Crippen molar-refractivity contribution < 1.29 is 13.2 Å². The summed E-state index contributed by atoms with van der Waals surface area (Å²) in [6.07, 6.45) is 3.66. The van der Waals surface area contributed by atoms with Crippen molar-refractivity contribution in [3.8, 4) is 0 Å². The number of thiazole rings is 1. The van der Waals surface area contributed by atoms with Crippen molar-refractivity contribution >= 4 is 27.3 Å². The van der Waals surface area contributed by atoms with Gasteiger partial charge in [-0.3, -0.25) is 4.79 Å². The lowest BCUT2D eigenvalue weighted by Gasteiger charge is -2.32. The molecule has 2 fully saturated rings. The van der Waals surface area contributed by atoms with E-state index in [9.17, 15) is 13.2 Å². The molecule has 1 aromatic rings. The second-order valence-corrected chi connectivity index (χ2v) is 10.2. The van der Waals surface area contributed by atoms with Crippen LogP contribution >= 0.6 is 11.3 Å². The van der Waals surface area contributed by atoms with Crippen LogP contribution in [0.4, 0.5) is 0 Å². The molecule has 2 unspecified atom stereocenters. The summed E-state index contributed by atoms with van der Waals surface area (Å²) < 4.78 is 27.7. The fourth-order valence-electron chi connectivity index (χ4n) is 3.56. The molecule has 1 amide bonds. The minimum Gasteiger partial charge on any atom is -0.354 e. The Morgan fingerprint density at radius 3 is 2.80 bits per heavy atom. The number of piperidine rings is 1. The Bertz CT molecular complexity index is 726. The van der Waals surface area contributed by atoms with Gasteiger partial charge in [-0.25, -0.2) is 13.4 Å². The zero-order chi connectivity index (χ0) is 18.0. The first kappa shape index (κ1) is 18.8. The number of aryl methyl sites for hydroxylation is 2. The van der Waals surface area contributed by atoms with Gasteiger partial charge < -0.3 is 10.6 Å². The van der Waals surface area contributed by atoms with E-state index in [0.29, 0.717) is 29.5 Å². The van der Waals surface area contributed by atoms with E-state index in [1.165, 1.54) is 11.3 Å². The standard InChI is InChI=1S/C16H26N4O3S2/c1-11-16(24-12(2)19-11)25(22,23)20-8-4-5-13(10-20)9-18-15(21)14-6-3-7-17-14/h13-14,17H,3-10H2,1-2H3,(H,18,21). The lowest BCUT2D eigenvalue weighted by atomic mass is 9.99. The van der Waals surface area contributed by atoms with Crippen molar-refractivity contribution in [2.75, 3.05) is 26.2 Å². The minimum atomic E-state index is -3.49. The minimum absolute atomic E-state index is 0.0337. The van der Waals surface area contributed by atoms with Crippen molar-refractivity contribution in [3.05, 3.63) is 10.7 Å². The molecule has 3 heterocycles. The second kappa shape index (κ2) is 7.69. The number of nitrogens with zero attached hydrogens (tertiary/aromatic N) is 2. The Labute approximate surface area is 153 Å². The van der Waals surface area contributed by atoms with Crippen LogP contribution in [-0.4, -0.2) is 55.8 Å². The average molecular weight is 387 g/mol. The van der Waals surface area contributed by atoms with Gasteiger partial charge in [0.1, 0.15) is 0 Å². The maximum Gasteiger partial charge on any atom is 0.254 e. The van der Waals surface area contributed by atoms with Gasteiger partial charge in [0.05, 0.1) is 16.7 Å². The number of hydrogen-bond acceptors (Lipinski definition) is 6. The van der Waals surface area contributed by atoms with Crippen LogP contribution in [0.2, 0.25) is 0 Å². The number of sulfonamides is 1. The number of hydrogen-bond donors (Lipinski definition) is 2. The summed E-state index contributed by atoms with van der Waals surface area (Å²) in [7, 11) is -3.49. The SMILES string of the molecule is Cc1nc(C)c(S(=O)(=O)N2CCCC(CNC(=O)C3CCCN3)C2)s1. The molecule has 7 nitrogen and oxygen atoms in total. The Morgan fingerprint density at radius 2 is 2.16 bits per heavy atom. The summed E-state index contributed by atoms with van der Waals surface area (Å²) in [6, 6.07) is -0.0914. The van der Waals surface area contributed by atoms with Crippen molar-refractivity contribution in [1.29, 1.82) is 0 Å². The third kappa shape index (κ3) is 4.21. The fourth-order valence-corrected chi connectivity index (χ4v) is 6.73. The third-order valence-electron chi connectivity index (χ3n) is 4.86. The molecular weight excluding hydrogens is 360 g/mol. The van der Waals surface area contributed by atoms with Crippen LogP contribution in [0.3, 0.4) is 0 Å². The number of carbonyl (C=O) groups excluding carboxylic acids is 1. The summed E-state index contributed by atoms with van der Waals surface area (Å²) in [5.74, 6) is 0.189. The summed E-state index contributed by atoms with van der Waals surface area (Å²) in [5, 5.41) is 6.94. The Hall–Kier alpha value is -1.03. The van der Waals surface area contributed by atoms with Crippen LogP contribution in [-0.2, 0) is 14.8 Å². The maximum absolute atomic E-state index is 12.9. The maximum atomic E-state index is 12.9. The summed E-state index contributed by atoms with van der Waals surface area (Å²) in [4.78, 5) is 16.4. The fraction of sp³-hybridized carbons (Fsp3) is 0.750. The smallest absolute Gasteiger partial charge is 0.254 e. The first-order valence-corrected chi connectivity index (χ1v) is 11.1. The summed E-state index contributed by atoms with van der Waals surface area (Å²) in [6.45, 7) is 5.98. The molecule has 2 aliphatic heterocycles. The number of nitrogens with one attached hydrogen (secondary N) is 2. The van der Waals surface area contributed by atoms with E-state index in [1.807, 2.05) is 6.92 Å². The zero-order valence-corrected chi connectivity index (χ0v) is 16.4. The molecule has 0 radical (unpaired) electrons. The lowest BCUT2D eigenvalue weighted by Crippen LogP contribution is -2.46. The second-order valence-electron chi connectivity index (χ2n) is 6.87. The van der Waals surface area contributed by atoms with Gasteiger partial charge in [-0.05, 0) is 52.0 Å². The Kier molecular flexibility index (Phi) is 5.77. The summed E-state index contributed by atoms with van der Waals surface area (Å²) in [5.41, 5.74) is 0.574. The number of aromatic nitrogens is 1. The van der Waals surface area contributed by atoms with Gasteiger partial charge in [-0.2, -0.15) is 4.31 Å². The van der Waals surface area contributed by atoms with Crippen LogP contribution in [0.15, 0.2) is 4.21 Å². The highest BCUT2D eigenvalue weighted by Gasteiger charge is 2.33.